The van der Waals surface area contributed by atoms with Crippen LogP contribution in [0.25, 0.3) is 0 Å². The maximum absolute atomic E-state index is 12.8. The molecule has 1 aliphatic carbocycles. The van der Waals surface area contributed by atoms with Crippen LogP contribution < -0.4 is 5.73 Å². The fourth-order valence-electron chi connectivity index (χ4n) is 3.44. The Morgan fingerprint density at radius 2 is 1.95 bits per heavy atom. The summed E-state index contributed by atoms with van der Waals surface area (Å²) in [6.45, 7) is 5.78. The van der Waals surface area contributed by atoms with Crippen molar-refractivity contribution in [2.75, 3.05) is 12.3 Å². The van der Waals surface area contributed by atoms with E-state index in [2.05, 4.69) is 0 Å². The van der Waals surface area contributed by atoms with E-state index in [0.29, 0.717) is 6.54 Å². The van der Waals surface area contributed by atoms with Crippen molar-refractivity contribution in [1.29, 1.82) is 0 Å². The molecule has 1 aliphatic heterocycles. The van der Waals surface area contributed by atoms with Gasteiger partial charge in [-0.05, 0) is 33.6 Å². The molecule has 2 rings (SSSR count). The van der Waals surface area contributed by atoms with Gasteiger partial charge in [0, 0.05) is 18.1 Å². The topological polar surface area (TPSA) is 80.5 Å². The van der Waals surface area contributed by atoms with Crippen LogP contribution in [0, 0.1) is 5.92 Å². The molecule has 2 aliphatic rings. The summed E-state index contributed by atoms with van der Waals surface area (Å²) >= 11 is 0. The van der Waals surface area contributed by atoms with E-state index in [1.54, 1.807) is 11.8 Å². The first-order valence-corrected chi connectivity index (χ1v) is 9.19. The van der Waals surface area contributed by atoms with Crippen molar-refractivity contribution in [2.24, 2.45) is 11.7 Å². The van der Waals surface area contributed by atoms with Crippen molar-refractivity contribution in [2.45, 2.75) is 63.3 Å². The van der Waals surface area contributed by atoms with Gasteiger partial charge >= 0.3 is 0 Å². The minimum absolute atomic E-state index is 0.0453. The third kappa shape index (κ3) is 2.72. The molecule has 0 radical (unpaired) electrons. The summed E-state index contributed by atoms with van der Waals surface area (Å²) in [6.07, 6.45) is 3.77. The molecular weight excluding hydrogens is 276 g/mol. The Balaban J connectivity index is 2.17. The van der Waals surface area contributed by atoms with E-state index in [9.17, 15) is 13.2 Å². The monoisotopic (exact) mass is 302 g/mol. The van der Waals surface area contributed by atoms with E-state index in [1.165, 1.54) is 0 Å². The summed E-state index contributed by atoms with van der Waals surface area (Å²) in [5, 5.41) is -0.493. The van der Waals surface area contributed by atoms with Crippen molar-refractivity contribution in [3.8, 4) is 0 Å². The van der Waals surface area contributed by atoms with Crippen LogP contribution in [0.5, 0.6) is 0 Å². The van der Waals surface area contributed by atoms with Gasteiger partial charge in [0.15, 0.2) is 9.84 Å². The first-order valence-electron chi connectivity index (χ1n) is 7.48. The summed E-state index contributed by atoms with van der Waals surface area (Å²) in [6, 6.07) is -0.265. The van der Waals surface area contributed by atoms with Gasteiger partial charge < -0.3 is 10.6 Å². The van der Waals surface area contributed by atoms with E-state index in [-0.39, 0.29) is 23.6 Å². The Morgan fingerprint density at radius 1 is 1.30 bits per heavy atom. The van der Waals surface area contributed by atoms with Gasteiger partial charge in [-0.25, -0.2) is 8.42 Å². The van der Waals surface area contributed by atoms with Gasteiger partial charge in [0.1, 0.15) is 0 Å². The van der Waals surface area contributed by atoms with Crippen LogP contribution in [0.15, 0.2) is 0 Å². The molecule has 2 N–H and O–H groups in total. The molecule has 0 spiro atoms. The number of nitrogens with two attached hydrogens (primary N) is 1. The second-order valence-corrected chi connectivity index (χ2v) is 9.13. The number of carbonyl (C=O) groups excluding carboxylic acids is 1. The van der Waals surface area contributed by atoms with Gasteiger partial charge in [0.05, 0.1) is 16.9 Å². The molecule has 5 nitrogen and oxygen atoms in total. The zero-order chi connectivity index (χ0) is 15.1. The van der Waals surface area contributed by atoms with Crippen LogP contribution >= 0.6 is 0 Å². The van der Waals surface area contributed by atoms with E-state index in [4.69, 9.17) is 5.73 Å². The molecule has 20 heavy (non-hydrogen) atoms. The van der Waals surface area contributed by atoms with Crippen molar-refractivity contribution >= 4 is 15.7 Å². The maximum Gasteiger partial charge on any atom is 0.227 e. The van der Waals surface area contributed by atoms with E-state index < -0.39 is 20.6 Å². The summed E-state index contributed by atoms with van der Waals surface area (Å²) in [7, 11) is -3.06. The highest BCUT2D eigenvalue weighted by Crippen LogP contribution is 2.34. The number of carbonyl (C=O) groups is 1. The molecule has 0 aromatic rings. The normalized spacial score (nSPS) is 41.4. The molecule has 0 aromatic heterocycles. The first kappa shape index (κ1) is 15.8. The van der Waals surface area contributed by atoms with Gasteiger partial charge in [-0.3, -0.25) is 4.79 Å². The number of hydrogen-bond donors (Lipinski definition) is 1. The standard InChI is InChI=1S/C14H26N2O3S/c1-10-11(2)20(18,19)9-8-16(10)13(17)12-6-4-5-7-14(12,3)15/h10-12H,4-9,15H2,1-3H3. The average Bonchev–Trinajstić information content (AvgIpc) is 2.35. The van der Waals surface area contributed by atoms with E-state index in [0.717, 1.165) is 25.7 Å². The van der Waals surface area contributed by atoms with Crippen molar-refractivity contribution < 1.29 is 13.2 Å². The highest BCUT2D eigenvalue weighted by atomic mass is 32.2. The Hall–Kier alpha value is -0.620. The number of rotatable bonds is 1. The van der Waals surface area contributed by atoms with Crippen LogP contribution in [0.4, 0.5) is 0 Å². The molecule has 2 fully saturated rings. The van der Waals surface area contributed by atoms with E-state index >= 15 is 0 Å². The van der Waals surface area contributed by atoms with Crippen LogP contribution in [-0.4, -0.2) is 48.4 Å². The predicted octanol–water partition coefficient (Wildman–Crippen LogP) is 0.928. The second-order valence-electron chi connectivity index (χ2n) is 6.65. The SMILES string of the molecule is CC1C(C)S(=O)(=O)CCN1C(=O)C1CCCCC1(C)N. The van der Waals surface area contributed by atoms with Crippen molar-refractivity contribution in [1.82, 2.24) is 4.90 Å². The number of hydrogen-bond acceptors (Lipinski definition) is 4. The predicted molar refractivity (Wildman–Crippen MR) is 79.0 cm³/mol. The lowest BCUT2D eigenvalue weighted by Crippen LogP contribution is -2.60. The largest absolute Gasteiger partial charge is 0.337 e. The molecule has 1 saturated heterocycles. The minimum Gasteiger partial charge on any atom is -0.337 e. The zero-order valence-electron chi connectivity index (χ0n) is 12.6. The Bertz CT molecular complexity index is 487. The lowest BCUT2D eigenvalue weighted by atomic mass is 9.74. The van der Waals surface area contributed by atoms with Gasteiger partial charge in [0.2, 0.25) is 5.91 Å². The molecule has 1 amide bonds. The van der Waals surface area contributed by atoms with Gasteiger partial charge in [-0.2, -0.15) is 0 Å². The highest BCUT2D eigenvalue weighted by molar-refractivity contribution is 7.92. The van der Waals surface area contributed by atoms with Crippen LogP contribution in [0.3, 0.4) is 0 Å². The van der Waals surface area contributed by atoms with Crippen LogP contribution in [-0.2, 0) is 14.6 Å². The summed E-state index contributed by atoms with van der Waals surface area (Å²) in [5.41, 5.74) is 5.83. The first-order chi connectivity index (χ1) is 9.17. The molecule has 1 heterocycles. The third-order valence-electron chi connectivity index (χ3n) is 5.19. The number of sulfone groups is 1. The number of amides is 1. The second kappa shape index (κ2) is 5.30. The Labute approximate surface area is 121 Å². The minimum atomic E-state index is -3.06. The van der Waals surface area contributed by atoms with Gasteiger partial charge in [-0.1, -0.05) is 12.8 Å². The third-order valence-corrected chi connectivity index (χ3v) is 7.47. The fraction of sp³-hybridized carbons (Fsp3) is 0.929. The summed E-state index contributed by atoms with van der Waals surface area (Å²) < 4.78 is 23.8. The van der Waals surface area contributed by atoms with Crippen LogP contribution in [0.1, 0.15) is 46.5 Å². The summed E-state index contributed by atoms with van der Waals surface area (Å²) in [4.78, 5) is 14.5. The maximum atomic E-state index is 12.8. The molecule has 4 unspecified atom stereocenters. The quantitative estimate of drug-likeness (QED) is 0.781. The van der Waals surface area contributed by atoms with Gasteiger partial charge in [-0.15, -0.1) is 0 Å². The molecule has 6 heteroatoms. The lowest BCUT2D eigenvalue weighted by Gasteiger charge is -2.44. The molecule has 1 saturated carbocycles. The highest BCUT2D eigenvalue weighted by Gasteiger charge is 2.44. The molecule has 0 aromatic carbocycles. The average molecular weight is 302 g/mol. The fourth-order valence-corrected chi connectivity index (χ4v) is 5.01. The van der Waals surface area contributed by atoms with Crippen LogP contribution in [0.2, 0.25) is 0 Å². The number of nitrogens with zero attached hydrogens (tertiary/aromatic N) is 1. The summed E-state index contributed by atoms with van der Waals surface area (Å²) in [5.74, 6) is -0.0613. The molecule has 0 bridgehead atoms. The smallest absolute Gasteiger partial charge is 0.227 e. The Kier molecular flexibility index (Phi) is 4.17. The molecular formula is C14H26N2O3S. The lowest BCUT2D eigenvalue weighted by molar-refractivity contribution is -0.141. The zero-order valence-corrected chi connectivity index (χ0v) is 13.4. The van der Waals surface area contributed by atoms with E-state index in [1.807, 2.05) is 13.8 Å². The molecule has 116 valence electrons. The van der Waals surface area contributed by atoms with Gasteiger partial charge in [0.25, 0.3) is 0 Å². The molecule has 4 atom stereocenters. The van der Waals surface area contributed by atoms with Crippen molar-refractivity contribution in [3.63, 3.8) is 0 Å². The van der Waals surface area contributed by atoms with Crippen molar-refractivity contribution in [3.05, 3.63) is 0 Å². The Morgan fingerprint density at radius 3 is 2.55 bits per heavy atom.